The summed E-state index contributed by atoms with van der Waals surface area (Å²) in [6.45, 7) is 1.79. The van der Waals surface area contributed by atoms with Crippen LogP contribution >= 0.6 is 11.3 Å². The summed E-state index contributed by atoms with van der Waals surface area (Å²) in [6, 6.07) is 18.9. The lowest BCUT2D eigenvalue weighted by atomic mass is 10.1. The van der Waals surface area contributed by atoms with E-state index >= 15 is 0 Å². The quantitative estimate of drug-likeness (QED) is 0.491. The minimum atomic E-state index is 0.0878. The van der Waals surface area contributed by atoms with Crippen molar-refractivity contribution in [2.24, 2.45) is 7.05 Å². The van der Waals surface area contributed by atoms with E-state index in [9.17, 15) is 4.79 Å². The van der Waals surface area contributed by atoms with Crippen molar-refractivity contribution < 1.29 is 4.79 Å². The number of amides is 1. The molecule has 1 aliphatic rings. The van der Waals surface area contributed by atoms with Crippen molar-refractivity contribution in [3.8, 4) is 11.4 Å². The highest BCUT2D eigenvalue weighted by Gasteiger charge is 2.23. The summed E-state index contributed by atoms with van der Waals surface area (Å²) in [5.41, 5.74) is 5.73. The molecule has 0 unspecified atom stereocenters. The summed E-state index contributed by atoms with van der Waals surface area (Å²) in [5.74, 6) is 1.06. The maximum Gasteiger partial charge on any atom is 0.263 e. The first-order valence-corrected chi connectivity index (χ1v) is 10.9. The fourth-order valence-corrected chi connectivity index (χ4v) is 5.31. The Morgan fingerprint density at radius 3 is 2.73 bits per heavy atom. The minimum Gasteiger partial charge on any atom is -0.367 e. The lowest BCUT2D eigenvalue weighted by Gasteiger charge is -2.29. The molecule has 6 heteroatoms. The first kappa shape index (κ1) is 18.9. The van der Waals surface area contributed by atoms with Gasteiger partial charge in [-0.15, -0.1) is 11.3 Å². The zero-order valence-electron chi connectivity index (χ0n) is 17.4. The first-order chi connectivity index (χ1) is 14.5. The zero-order valence-corrected chi connectivity index (χ0v) is 18.2. The predicted molar refractivity (Wildman–Crippen MR) is 123 cm³/mol. The smallest absolute Gasteiger partial charge is 0.263 e. The van der Waals surface area contributed by atoms with Gasteiger partial charge in [0.25, 0.3) is 5.91 Å². The fraction of sp³-hybridized carbons (Fsp3) is 0.250. The van der Waals surface area contributed by atoms with Crippen LogP contribution in [0, 0.1) is 0 Å². The van der Waals surface area contributed by atoms with Crippen molar-refractivity contribution in [1.29, 1.82) is 0 Å². The van der Waals surface area contributed by atoms with Crippen LogP contribution in [0.3, 0.4) is 0 Å². The number of anilines is 1. The molecular formula is C24H24N4OS. The lowest BCUT2D eigenvalue weighted by molar-refractivity contribution is 0.0832. The number of para-hydroxylation sites is 2. The Morgan fingerprint density at radius 2 is 1.93 bits per heavy atom. The van der Waals surface area contributed by atoms with Gasteiger partial charge < -0.3 is 14.4 Å². The standard InChI is InChI=1S/C24H24N4OS/c1-26(2)24(29)22-14-17-15-28(12-11-21(17)30-22)18-8-6-7-16(13-18)23-25-19-9-4-5-10-20(19)27(23)3/h4-10,13-14H,11-12,15H2,1-3H3. The van der Waals surface area contributed by atoms with Gasteiger partial charge in [0.1, 0.15) is 5.82 Å². The van der Waals surface area contributed by atoms with Crippen molar-refractivity contribution in [2.45, 2.75) is 13.0 Å². The lowest BCUT2D eigenvalue weighted by Crippen LogP contribution is -2.29. The molecule has 152 valence electrons. The molecule has 4 aromatic rings. The molecule has 5 nitrogen and oxygen atoms in total. The summed E-state index contributed by atoms with van der Waals surface area (Å²) in [5, 5.41) is 0. The third-order valence-corrected chi connectivity index (χ3v) is 6.97. The van der Waals surface area contributed by atoms with Gasteiger partial charge in [0.2, 0.25) is 0 Å². The number of aromatic nitrogens is 2. The Morgan fingerprint density at radius 1 is 1.10 bits per heavy atom. The van der Waals surface area contributed by atoms with Gasteiger partial charge in [0.15, 0.2) is 0 Å². The summed E-state index contributed by atoms with van der Waals surface area (Å²) >= 11 is 1.64. The van der Waals surface area contributed by atoms with E-state index in [1.54, 1.807) is 30.3 Å². The number of benzene rings is 2. The molecule has 1 aliphatic heterocycles. The first-order valence-electron chi connectivity index (χ1n) is 10.1. The number of hydrogen-bond acceptors (Lipinski definition) is 4. The Labute approximate surface area is 180 Å². The molecule has 1 amide bonds. The number of hydrogen-bond donors (Lipinski definition) is 0. The molecule has 0 saturated carbocycles. The van der Waals surface area contributed by atoms with Crippen LogP contribution in [0.25, 0.3) is 22.4 Å². The molecule has 2 aromatic heterocycles. The third kappa shape index (κ3) is 3.17. The highest BCUT2D eigenvalue weighted by molar-refractivity contribution is 7.14. The monoisotopic (exact) mass is 416 g/mol. The van der Waals surface area contributed by atoms with Gasteiger partial charge in [-0.2, -0.15) is 0 Å². The van der Waals surface area contributed by atoms with Gasteiger partial charge in [-0.3, -0.25) is 4.79 Å². The average Bonchev–Trinajstić information content (AvgIpc) is 3.34. The largest absolute Gasteiger partial charge is 0.367 e. The Hall–Kier alpha value is -3.12. The predicted octanol–water partition coefficient (Wildman–Crippen LogP) is 4.57. The van der Waals surface area contributed by atoms with Gasteiger partial charge in [-0.25, -0.2) is 4.98 Å². The number of carbonyl (C=O) groups excluding carboxylic acids is 1. The van der Waals surface area contributed by atoms with Crippen molar-refractivity contribution in [2.75, 3.05) is 25.5 Å². The minimum absolute atomic E-state index is 0.0878. The summed E-state index contributed by atoms with van der Waals surface area (Å²) in [4.78, 5) is 23.4. The van der Waals surface area contributed by atoms with Crippen molar-refractivity contribution in [1.82, 2.24) is 14.5 Å². The second-order valence-electron chi connectivity index (χ2n) is 7.96. The molecule has 30 heavy (non-hydrogen) atoms. The zero-order chi connectivity index (χ0) is 20.8. The second-order valence-corrected chi connectivity index (χ2v) is 9.10. The van der Waals surface area contributed by atoms with Crippen LogP contribution < -0.4 is 4.90 Å². The van der Waals surface area contributed by atoms with Gasteiger partial charge in [-0.05, 0) is 42.3 Å². The van der Waals surface area contributed by atoms with E-state index < -0.39 is 0 Å². The summed E-state index contributed by atoms with van der Waals surface area (Å²) in [7, 11) is 5.68. The van der Waals surface area contributed by atoms with E-state index in [2.05, 4.69) is 59.0 Å². The average molecular weight is 417 g/mol. The summed E-state index contributed by atoms with van der Waals surface area (Å²) < 4.78 is 2.15. The number of thiophene rings is 1. The number of imidazole rings is 1. The molecule has 0 radical (unpaired) electrons. The fourth-order valence-electron chi connectivity index (χ4n) is 4.12. The van der Waals surface area contributed by atoms with Crippen LogP contribution in [0.1, 0.15) is 20.1 Å². The third-order valence-electron chi connectivity index (χ3n) is 5.74. The van der Waals surface area contributed by atoms with E-state index in [4.69, 9.17) is 4.98 Å². The summed E-state index contributed by atoms with van der Waals surface area (Å²) in [6.07, 6.45) is 0.969. The van der Waals surface area contributed by atoms with Crippen LogP contribution in [0.4, 0.5) is 5.69 Å². The molecular weight excluding hydrogens is 392 g/mol. The maximum absolute atomic E-state index is 12.3. The van der Waals surface area contributed by atoms with E-state index in [1.807, 2.05) is 12.1 Å². The van der Waals surface area contributed by atoms with Crippen LogP contribution in [0.15, 0.2) is 54.6 Å². The number of rotatable bonds is 3. The van der Waals surface area contributed by atoms with Gasteiger partial charge in [0.05, 0.1) is 15.9 Å². The van der Waals surface area contributed by atoms with E-state index in [-0.39, 0.29) is 5.91 Å². The Balaban J connectivity index is 1.45. The number of aryl methyl sites for hydroxylation is 1. The molecule has 0 fully saturated rings. The topological polar surface area (TPSA) is 41.4 Å². The SMILES string of the molecule is CN(C)C(=O)c1cc2c(s1)CCN(c1cccc(-c3nc4ccccc4n3C)c1)C2. The van der Waals surface area contributed by atoms with Crippen molar-refractivity contribution >= 4 is 34.0 Å². The van der Waals surface area contributed by atoms with Crippen LogP contribution in [0.5, 0.6) is 0 Å². The molecule has 0 bridgehead atoms. The van der Waals surface area contributed by atoms with E-state index in [1.165, 1.54) is 16.1 Å². The Kier molecular flexibility index (Phi) is 4.59. The maximum atomic E-state index is 12.3. The van der Waals surface area contributed by atoms with Crippen LogP contribution in [0.2, 0.25) is 0 Å². The van der Waals surface area contributed by atoms with Crippen LogP contribution in [-0.4, -0.2) is 41.0 Å². The molecule has 0 N–H and O–H groups in total. The number of carbonyl (C=O) groups is 1. The molecule has 0 saturated heterocycles. The van der Waals surface area contributed by atoms with Crippen molar-refractivity contribution in [3.63, 3.8) is 0 Å². The van der Waals surface area contributed by atoms with Gasteiger partial charge in [0, 0.05) is 50.4 Å². The number of nitrogens with zero attached hydrogens (tertiary/aromatic N) is 4. The van der Waals surface area contributed by atoms with E-state index in [0.29, 0.717) is 0 Å². The van der Waals surface area contributed by atoms with Gasteiger partial charge in [-0.1, -0.05) is 24.3 Å². The van der Waals surface area contributed by atoms with Crippen molar-refractivity contribution in [3.05, 3.63) is 69.9 Å². The highest BCUT2D eigenvalue weighted by atomic mass is 32.1. The number of fused-ring (bicyclic) bond motifs is 2. The Bertz CT molecular complexity index is 1250. The normalized spacial score (nSPS) is 13.5. The molecule has 0 aliphatic carbocycles. The van der Waals surface area contributed by atoms with Crippen LogP contribution in [-0.2, 0) is 20.0 Å². The molecule has 0 spiro atoms. The molecule has 3 heterocycles. The molecule has 2 aromatic carbocycles. The molecule has 0 atom stereocenters. The highest BCUT2D eigenvalue weighted by Crippen LogP contribution is 2.33. The molecule has 5 rings (SSSR count). The van der Waals surface area contributed by atoms with Gasteiger partial charge >= 0.3 is 0 Å². The van der Waals surface area contributed by atoms with E-state index in [0.717, 1.165) is 46.8 Å². The second kappa shape index (κ2) is 7.29.